The molecule has 0 spiro atoms. The van der Waals surface area contributed by atoms with Crippen molar-refractivity contribution < 1.29 is 9.59 Å². The molecule has 2 N–H and O–H groups in total. The molecule has 5 nitrogen and oxygen atoms in total. The first-order valence-corrected chi connectivity index (χ1v) is 8.20. The van der Waals surface area contributed by atoms with Gasteiger partial charge in [-0.3, -0.25) is 9.59 Å². The van der Waals surface area contributed by atoms with Crippen molar-refractivity contribution >= 4 is 17.5 Å². The van der Waals surface area contributed by atoms with Crippen LogP contribution in [0.15, 0.2) is 42.5 Å². The van der Waals surface area contributed by atoms with Crippen molar-refractivity contribution in [3.05, 3.63) is 64.7 Å². The van der Waals surface area contributed by atoms with Gasteiger partial charge in [-0.25, -0.2) is 0 Å². The van der Waals surface area contributed by atoms with Gasteiger partial charge in [-0.15, -0.1) is 0 Å². The predicted octanol–water partition coefficient (Wildman–Crippen LogP) is 1.93. The fourth-order valence-electron chi connectivity index (χ4n) is 3.32. The van der Waals surface area contributed by atoms with Crippen molar-refractivity contribution in [2.24, 2.45) is 0 Å². The maximum atomic E-state index is 12.5. The van der Waals surface area contributed by atoms with E-state index in [4.69, 9.17) is 0 Å². The van der Waals surface area contributed by atoms with Crippen LogP contribution in [-0.4, -0.2) is 29.8 Å². The molecule has 2 heterocycles. The van der Waals surface area contributed by atoms with E-state index in [1.165, 1.54) is 11.1 Å². The zero-order valence-corrected chi connectivity index (χ0v) is 13.3. The highest BCUT2D eigenvalue weighted by molar-refractivity contribution is 5.99. The van der Waals surface area contributed by atoms with Crippen LogP contribution < -0.4 is 10.6 Å². The van der Waals surface area contributed by atoms with E-state index in [1.807, 2.05) is 35.2 Å². The van der Waals surface area contributed by atoms with Crippen LogP contribution in [0.5, 0.6) is 0 Å². The molecule has 0 fully saturated rings. The first-order valence-electron chi connectivity index (χ1n) is 8.20. The Morgan fingerprint density at radius 1 is 1.12 bits per heavy atom. The summed E-state index contributed by atoms with van der Waals surface area (Å²) in [6.45, 7) is 2.25. The third-order valence-corrected chi connectivity index (χ3v) is 4.72. The number of benzene rings is 2. The van der Waals surface area contributed by atoms with E-state index in [0.717, 1.165) is 24.2 Å². The summed E-state index contributed by atoms with van der Waals surface area (Å²) in [5.74, 6) is 0.0297. The fourth-order valence-corrected chi connectivity index (χ4v) is 3.32. The lowest BCUT2D eigenvalue weighted by molar-refractivity contribution is -0.130. The molecule has 24 heavy (non-hydrogen) atoms. The van der Waals surface area contributed by atoms with Gasteiger partial charge in [0.25, 0.3) is 5.91 Å². The molecule has 5 heteroatoms. The van der Waals surface area contributed by atoms with Gasteiger partial charge in [-0.2, -0.15) is 0 Å². The van der Waals surface area contributed by atoms with E-state index in [1.54, 1.807) is 0 Å². The standard InChI is InChI=1S/C19H19N3O2/c23-18(22-8-7-13-3-1-2-4-15(13)12-22)11-20-16-6-5-14-10-21-19(24)17(14)9-16/h1-6,9,20H,7-8,10-12H2,(H,21,24). The summed E-state index contributed by atoms with van der Waals surface area (Å²) in [5.41, 5.74) is 5.06. The van der Waals surface area contributed by atoms with Crippen LogP contribution in [0.1, 0.15) is 27.0 Å². The largest absolute Gasteiger partial charge is 0.376 e. The Labute approximate surface area is 140 Å². The van der Waals surface area contributed by atoms with Crippen LogP contribution in [0, 0.1) is 0 Å². The molecule has 0 radical (unpaired) electrons. The van der Waals surface area contributed by atoms with Crippen LogP contribution in [0.2, 0.25) is 0 Å². The number of hydrogen-bond acceptors (Lipinski definition) is 3. The summed E-state index contributed by atoms with van der Waals surface area (Å²) in [6.07, 6.45) is 0.904. The second-order valence-corrected chi connectivity index (χ2v) is 6.24. The van der Waals surface area contributed by atoms with Crippen molar-refractivity contribution in [1.29, 1.82) is 0 Å². The van der Waals surface area contributed by atoms with Gasteiger partial charge in [0.15, 0.2) is 0 Å². The number of amides is 2. The first kappa shape index (κ1) is 14.8. The number of hydrogen-bond donors (Lipinski definition) is 2. The lowest BCUT2D eigenvalue weighted by Gasteiger charge is -2.29. The Bertz CT molecular complexity index is 816. The number of carbonyl (C=O) groups excluding carboxylic acids is 2. The van der Waals surface area contributed by atoms with Crippen LogP contribution in [0.3, 0.4) is 0 Å². The van der Waals surface area contributed by atoms with Crippen LogP contribution in [0.25, 0.3) is 0 Å². The Hall–Kier alpha value is -2.82. The molecule has 0 unspecified atom stereocenters. The van der Waals surface area contributed by atoms with Gasteiger partial charge in [-0.05, 0) is 35.2 Å². The van der Waals surface area contributed by atoms with E-state index in [2.05, 4.69) is 22.8 Å². The van der Waals surface area contributed by atoms with Crippen LogP contribution >= 0.6 is 0 Å². The maximum absolute atomic E-state index is 12.5. The highest BCUT2D eigenvalue weighted by atomic mass is 16.2. The Morgan fingerprint density at radius 3 is 2.83 bits per heavy atom. The second-order valence-electron chi connectivity index (χ2n) is 6.24. The van der Waals surface area contributed by atoms with Crippen molar-refractivity contribution in [2.75, 3.05) is 18.4 Å². The number of nitrogens with one attached hydrogen (secondary N) is 2. The van der Waals surface area contributed by atoms with E-state index in [-0.39, 0.29) is 18.4 Å². The van der Waals surface area contributed by atoms with Gasteiger partial charge >= 0.3 is 0 Å². The van der Waals surface area contributed by atoms with E-state index in [0.29, 0.717) is 18.7 Å². The molecule has 122 valence electrons. The summed E-state index contributed by atoms with van der Waals surface area (Å²) < 4.78 is 0. The quantitative estimate of drug-likeness (QED) is 0.908. The van der Waals surface area contributed by atoms with Gasteiger partial charge in [0.2, 0.25) is 5.91 Å². The van der Waals surface area contributed by atoms with Gasteiger partial charge in [0.1, 0.15) is 0 Å². The molecule has 2 aliphatic heterocycles. The minimum atomic E-state index is -0.0485. The Kier molecular flexibility index (Phi) is 3.69. The zero-order valence-electron chi connectivity index (χ0n) is 13.3. The number of anilines is 1. The Morgan fingerprint density at radius 2 is 1.96 bits per heavy atom. The smallest absolute Gasteiger partial charge is 0.251 e. The summed E-state index contributed by atoms with van der Waals surface area (Å²) in [6, 6.07) is 13.9. The molecular formula is C19H19N3O2. The van der Waals surface area contributed by atoms with Gasteiger partial charge in [0.05, 0.1) is 6.54 Å². The van der Waals surface area contributed by atoms with E-state index < -0.39 is 0 Å². The van der Waals surface area contributed by atoms with Gasteiger partial charge in [0, 0.05) is 30.9 Å². The van der Waals surface area contributed by atoms with Crippen LogP contribution in [0.4, 0.5) is 5.69 Å². The molecule has 2 aromatic carbocycles. The molecule has 2 amide bonds. The van der Waals surface area contributed by atoms with E-state index >= 15 is 0 Å². The monoisotopic (exact) mass is 321 g/mol. The molecule has 0 bridgehead atoms. The SMILES string of the molecule is O=C1NCc2ccc(NCC(=O)N3CCc4ccccc4C3)cc21. The van der Waals surface area contributed by atoms with E-state index in [9.17, 15) is 9.59 Å². The minimum Gasteiger partial charge on any atom is -0.376 e. The average Bonchev–Trinajstić information content (AvgIpc) is 3.00. The zero-order chi connectivity index (χ0) is 16.5. The second kappa shape index (κ2) is 6.00. The topological polar surface area (TPSA) is 61.4 Å². The predicted molar refractivity (Wildman–Crippen MR) is 91.7 cm³/mol. The summed E-state index contributed by atoms with van der Waals surface area (Å²) in [7, 11) is 0. The molecule has 0 aromatic heterocycles. The minimum absolute atomic E-state index is 0.0485. The number of carbonyl (C=O) groups is 2. The van der Waals surface area contributed by atoms with Crippen molar-refractivity contribution in [3.8, 4) is 0 Å². The molecular weight excluding hydrogens is 302 g/mol. The maximum Gasteiger partial charge on any atom is 0.251 e. The summed E-state index contributed by atoms with van der Waals surface area (Å²) in [5, 5.41) is 5.94. The number of fused-ring (bicyclic) bond motifs is 2. The summed E-state index contributed by atoms with van der Waals surface area (Å²) >= 11 is 0. The molecule has 0 saturated carbocycles. The van der Waals surface area contributed by atoms with Crippen molar-refractivity contribution in [1.82, 2.24) is 10.2 Å². The highest BCUT2D eigenvalue weighted by Gasteiger charge is 2.21. The molecule has 0 atom stereocenters. The third kappa shape index (κ3) is 2.73. The molecule has 4 rings (SSSR count). The molecule has 0 saturated heterocycles. The van der Waals surface area contributed by atoms with Crippen LogP contribution in [-0.2, 0) is 24.3 Å². The first-order chi connectivity index (χ1) is 11.7. The lowest BCUT2D eigenvalue weighted by Crippen LogP contribution is -2.39. The molecule has 2 aromatic rings. The third-order valence-electron chi connectivity index (χ3n) is 4.72. The average molecular weight is 321 g/mol. The normalized spacial score (nSPS) is 15.5. The Balaban J connectivity index is 1.39. The van der Waals surface area contributed by atoms with Gasteiger partial charge < -0.3 is 15.5 Å². The molecule has 0 aliphatic carbocycles. The summed E-state index contributed by atoms with van der Waals surface area (Å²) in [4.78, 5) is 26.1. The highest BCUT2D eigenvalue weighted by Crippen LogP contribution is 2.21. The number of nitrogens with zero attached hydrogens (tertiary/aromatic N) is 1. The number of rotatable bonds is 3. The van der Waals surface area contributed by atoms with Crippen molar-refractivity contribution in [3.63, 3.8) is 0 Å². The molecule has 2 aliphatic rings. The van der Waals surface area contributed by atoms with Gasteiger partial charge in [-0.1, -0.05) is 30.3 Å². The van der Waals surface area contributed by atoms with Crippen molar-refractivity contribution in [2.45, 2.75) is 19.5 Å². The lowest BCUT2D eigenvalue weighted by atomic mass is 10.00. The fraction of sp³-hybridized carbons (Fsp3) is 0.263.